The molecule has 1 aromatic heterocycles. The first-order valence-electron chi connectivity index (χ1n) is 20.1. The molecule has 8 aromatic rings. The number of pyridine rings is 1. The summed E-state index contributed by atoms with van der Waals surface area (Å²) >= 11 is 0. The Morgan fingerprint density at radius 2 is 0.743 bits per heavy atom. The minimum atomic E-state index is -7.22. The summed E-state index contributed by atoms with van der Waals surface area (Å²) in [4.78, 5) is 24.0. The Bertz CT molecular complexity index is 3260. The summed E-state index contributed by atoms with van der Waals surface area (Å²) < 4.78 is 302. The molecule has 26 heteroatoms. The van der Waals surface area contributed by atoms with E-state index in [9.17, 15) is 67.4 Å². The number of aromatic nitrogens is 1. The van der Waals surface area contributed by atoms with E-state index in [0.29, 0.717) is 17.2 Å². The zero-order valence-corrected chi connectivity index (χ0v) is 35.6. The zero-order valence-electron chi connectivity index (χ0n) is 35.6. The number of Topliss-reactive ketones (excluding diaryl/α,β-unsaturated/α-hetero) is 1. The Morgan fingerprint density at radius 1 is 0.405 bits per heavy atom. The van der Waals surface area contributed by atoms with Crippen molar-refractivity contribution >= 4 is 50.5 Å². The highest BCUT2D eigenvalue weighted by atomic mass is 19.2. The van der Waals surface area contributed by atoms with Crippen molar-refractivity contribution in [2.45, 2.75) is 6.54 Å². The van der Waals surface area contributed by atoms with Gasteiger partial charge in [0, 0.05) is 11.6 Å². The SMILES string of the molecule is Fc1c(F)c(F)c([B-](c2c(F)c(F)c(F)c(F)c2F)(c2c(F)c(F)c(F)c(F)c2F)c2c(F)c(F)c(F)c(F)c2F)c(F)c1F.O=C(O)c1cccc(Oc2c3ccccc3cc[n+]2CC(=O)c2ccccc2)c1. The fourth-order valence-corrected chi connectivity index (χ4v) is 8.02. The van der Waals surface area contributed by atoms with Crippen molar-refractivity contribution in [3.8, 4) is 11.6 Å². The Kier molecular flexibility index (Phi) is 14.6. The zero-order chi connectivity index (χ0) is 54.6. The third-order valence-corrected chi connectivity index (χ3v) is 11.3. The number of hydrogen-bond acceptors (Lipinski definition) is 3. The van der Waals surface area contributed by atoms with Crippen molar-refractivity contribution in [1.29, 1.82) is 0 Å². The van der Waals surface area contributed by atoms with Crippen LogP contribution < -0.4 is 31.2 Å². The fourth-order valence-electron chi connectivity index (χ4n) is 8.02. The molecule has 382 valence electrons. The molecule has 0 aliphatic rings. The number of carbonyl (C=O) groups excluding carboxylic acids is 1. The van der Waals surface area contributed by atoms with E-state index in [0.717, 1.165) is 10.8 Å². The molecule has 0 amide bonds. The molecule has 0 radical (unpaired) electrons. The van der Waals surface area contributed by atoms with E-state index in [1.807, 2.05) is 48.5 Å². The molecule has 0 aliphatic heterocycles. The lowest BCUT2D eigenvalue weighted by atomic mass is 9.12. The van der Waals surface area contributed by atoms with Gasteiger partial charge in [-0.15, -0.1) is 21.9 Å². The highest BCUT2D eigenvalue weighted by Gasteiger charge is 2.52. The van der Waals surface area contributed by atoms with Crippen LogP contribution in [-0.2, 0) is 6.54 Å². The van der Waals surface area contributed by atoms with Crippen LogP contribution in [0.4, 0.5) is 87.8 Å². The summed E-state index contributed by atoms with van der Waals surface area (Å²) in [6, 6.07) is 25.0. The summed E-state index contributed by atoms with van der Waals surface area (Å²) in [5.74, 6) is -71.6. The van der Waals surface area contributed by atoms with Gasteiger partial charge in [0.15, 0.2) is 76.0 Å². The van der Waals surface area contributed by atoms with Crippen LogP contribution in [0.1, 0.15) is 20.7 Å². The molecule has 0 spiro atoms. The lowest BCUT2D eigenvalue weighted by Gasteiger charge is -2.44. The largest absolute Gasteiger partial charge is 0.478 e. The van der Waals surface area contributed by atoms with Crippen LogP contribution in [0.3, 0.4) is 0 Å². The van der Waals surface area contributed by atoms with Gasteiger partial charge in [-0.3, -0.25) is 4.79 Å². The normalized spacial score (nSPS) is 11.5. The number of carboxylic acid groups (broad SMARTS) is 1. The third kappa shape index (κ3) is 8.65. The molecule has 1 N–H and O–H groups in total. The number of nitrogens with zero attached hydrogens (tertiary/aromatic N) is 1. The average molecular weight is 1060 g/mol. The molecular weight excluding hydrogens is 1050 g/mol. The number of benzene rings is 7. The van der Waals surface area contributed by atoms with Gasteiger partial charge in [-0.2, -0.15) is 4.57 Å². The first kappa shape index (κ1) is 53.4. The van der Waals surface area contributed by atoms with Crippen molar-refractivity contribution in [1.82, 2.24) is 0 Å². The maximum atomic E-state index is 15.4. The van der Waals surface area contributed by atoms with Crippen molar-refractivity contribution < 1.29 is 112 Å². The van der Waals surface area contributed by atoms with Crippen molar-refractivity contribution in [2.75, 3.05) is 0 Å². The van der Waals surface area contributed by atoms with Gasteiger partial charge in [0.05, 0.1) is 10.9 Å². The van der Waals surface area contributed by atoms with Crippen LogP contribution in [0.25, 0.3) is 10.8 Å². The van der Waals surface area contributed by atoms with Gasteiger partial charge in [0.2, 0.25) is 12.3 Å². The van der Waals surface area contributed by atoms with Crippen LogP contribution in [0.2, 0.25) is 0 Å². The molecule has 0 saturated carbocycles. The number of aromatic carboxylic acids is 1. The Labute approximate surface area is 398 Å². The Morgan fingerprint density at radius 3 is 1.12 bits per heavy atom. The summed E-state index contributed by atoms with van der Waals surface area (Å²) in [5.41, 5.74) is -13.6. The van der Waals surface area contributed by atoms with E-state index in [-0.39, 0.29) is 17.9 Å². The van der Waals surface area contributed by atoms with Crippen LogP contribution >= 0.6 is 0 Å². The minimum Gasteiger partial charge on any atom is -0.478 e. The predicted molar refractivity (Wildman–Crippen MR) is 218 cm³/mol. The number of rotatable bonds is 10. The maximum absolute atomic E-state index is 15.4. The van der Waals surface area contributed by atoms with Crippen LogP contribution in [0.15, 0.2) is 91.1 Å². The quantitative estimate of drug-likeness (QED) is 0.0370. The molecule has 0 fully saturated rings. The maximum Gasteiger partial charge on any atom is 0.381 e. The molecule has 1 heterocycles. The van der Waals surface area contributed by atoms with E-state index in [1.54, 1.807) is 35.0 Å². The third-order valence-electron chi connectivity index (χ3n) is 11.3. The number of carboxylic acids is 1. The monoisotopic (exact) mass is 1060 g/mol. The van der Waals surface area contributed by atoms with Crippen molar-refractivity contribution in [3.05, 3.63) is 219 Å². The molecule has 5 nitrogen and oxygen atoms in total. The minimum absolute atomic E-state index is 0.0463. The van der Waals surface area contributed by atoms with E-state index in [1.165, 1.54) is 12.1 Å². The molecule has 0 unspecified atom stereocenters. The molecule has 0 saturated heterocycles. The van der Waals surface area contributed by atoms with Gasteiger partial charge in [-0.05, 0) is 29.7 Å². The second-order valence-electron chi connectivity index (χ2n) is 15.4. The van der Waals surface area contributed by atoms with E-state index in [4.69, 9.17) is 4.74 Å². The number of halogens is 20. The van der Waals surface area contributed by atoms with Gasteiger partial charge >= 0.3 is 11.8 Å². The molecule has 0 bridgehead atoms. The molecular formula is C48H18BF20NO4. The van der Waals surface area contributed by atoms with E-state index in [2.05, 4.69) is 0 Å². The van der Waals surface area contributed by atoms with Crippen LogP contribution in [0, 0.1) is 116 Å². The lowest BCUT2D eigenvalue weighted by molar-refractivity contribution is -0.685. The molecule has 74 heavy (non-hydrogen) atoms. The lowest BCUT2D eigenvalue weighted by Crippen LogP contribution is -2.81. The summed E-state index contributed by atoms with van der Waals surface area (Å²) in [7, 11) is 0. The number of hydrogen-bond donors (Lipinski definition) is 1. The molecule has 0 aliphatic carbocycles. The fraction of sp³-hybridized carbons (Fsp3) is 0.0208. The number of carbonyl (C=O) groups is 2. The summed E-state index contributed by atoms with van der Waals surface area (Å²) in [6.07, 6.45) is -5.41. The van der Waals surface area contributed by atoms with Gasteiger partial charge in [0.25, 0.3) is 0 Å². The summed E-state index contributed by atoms with van der Waals surface area (Å²) in [5, 5.41) is 11.0. The number of ketones is 1. The Hall–Kier alpha value is -8.45. The van der Waals surface area contributed by atoms with Crippen molar-refractivity contribution in [2.24, 2.45) is 0 Å². The number of fused-ring (bicyclic) bond motifs is 1. The van der Waals surface area contributed by atoms with E-state index < -0.39 is 150 Å². The smallest absolute Gasteiger partial charge is 0.381 e. The molecule has 0 atom stereocenters. The van der Waals surface area contributed by atoms with E-state index >= 15 is 35.1 Å². The van der Waals surface area contributed by atoms with Crippen LogP contribution in [0.5, 0.6) is 11.6 Å². The predicted octanol–water partition coefficient (Wildman–Crippen LogP) is 10.3. The highest BCUT2D eigenvalue weighted by molar-refractivity contribution is 7.20. The first-order chi connectivity index (χ1) is 34.8. The second kappa shape index (κ2) is 20.2. The van der Waals surface area contributed by atoms with Crippen LogP contribution in [-0.4, -0.2) is 23.0 Å². The topological polar surface area (TPSA) is 67.5 Å². The van der Waals surface area contributed by atoms with Crippen molar-refractivity contribution in [3.63, 3.8) is 0 Å². The first-order valence-corrected chi connectivity index (χ1v) is 20.1. The summed E-state index contributed by atoms with van der Waals surface area (Å²) in [6.45, 7) is 0.100. The molecule has 8 rings (SSSR count). The Balaban J connectivity index is 0.000000237. The van der Waals surface area contributed by atoms with Gasteiger partial charge in [0.1, 0.15) is 58.4 Å². The van der Waals surface area contributed by atoms with Gasteiger partial charge in [-0.25, -0.2) is 92.6 Å². The molecule has 7 aromatic carbocycles. The van der Waals surface area contributed by atoms with Gasteiger partial charge in [-0.1, -0.05) is 54.6 Å². The highest BCUT2D eigenvalue weighted by Crippen LogP contribution is 2.32. The number of ether oxygens (including phenoxy) is 1. The standard InChI is InChI=1S/C24BF20.C24H17NO4/c26-5-1(6(27)14(35)21(42)13(5)34)25(2-7(28)15(36)22(43)16(37)8(2)29,3-9(30)17(38)23(44)18(39)10(3)31)4-11(32)19(40)24(45)20(41)12(4)33;26-22(18-8-2-1-3-9-18)16-25-14-13-17-7-4-5-12-21(17)23(25)29-20-11-6-10-19(15-20)24(27)28/h;1-15H,16H2/q-1;/p+1. The average Bonchev–Trinajstić information content (AvgIpc) is 3.39. The van der Waals surface area contributed by atoms with Gasteiger partial charge < -0.3 is 9.84 Å². The second-order valence-corrected chi connectivity index (χ2v) is 15.4.